The quantitative estimate of drug-likeness (QED) is 0.636. The summed E-state index contributed by atoms with van der Waals surface area (Å²) in [6.45, 7) is 7.50. The molecule has 1 aliphatic rings. The number of methoxy groups -OCH3 is 1. The molecule has 0 N–H and O–H groups in total. The summed E-state index contributed by atoms with van der Waals surface area (Å²) in [6, 6.07) is 0. The van der Waals surface area contributed by atoms with Crippen LogP contribution >= 0.6 is 0 Å². The fourth-order valence-corrected chi connectivity index (χ4v) is 1.73. The van der Waals surface area contributed by atoms with Crippen LogP contribution in [0.1, 0.15) is 34.1 Å². The number of rotatable bonds is 2. The molecule has 0 saturated carbocycles. The second kappa shape index (κ2) is 3.51. The molecular formula is C10H18O4. The largest absolute Gasteiger partial charge is 0.469 e. The summed E-state index contributed by atoms with van der Waals surface area (Å²) in [6.07, 6.45) is -0.0163. The van der Waals surface area contributed by atoms with Crippen LogP contribution in [0, 0.1) is 0 Å². The van der Waals surface area contributed by atoms with Gasteiger partial charge in [-0.2, -0.15) is 0 Å². The molecule has 0 unspecified atom stereocenters. The van der Waals surface area contributed by atoms with E-state index in [0.717, 1.165) is 0 Å². The number of carbonyl (C=O) groups excluding carboxylic acids is 1. The molecule has 82 valence electrons. The molecule has 4 nitrogen and oxygen atoms in total. The van der Waals surface area contributed by atoms with Gasteiger partial charge in [0.15, 0.2) is 5.79 Å². The average Bonchev–Trinajstić information content (AvgIpc) is 2.19. The molecule has 0 bridgehead atoms. The maximum atomic E-state index is 11.1. The smallest absolute Gasteiger partial charge is 0.308 e. The maximum absolute atomic E-state index is 11.1. The Morgan fingerprint density at radius 3 is 2.29 bits per heavy atom. The van der Waals surface area contributed by atoms with Gasteiger partial charge in [0, 0.05) is 0 Å². The third-order valence-corrected chi connectivity index (χ3v) is 2.29. The van der Waals surface area contributed by atoms with E-state index in [1.165, 1.54) is 7.11 Å². The summed E-state index contributed by atoms with van der Waals surface area (Å²) in [4.78, 5) is 11.1. The van der Waals surface area contributed by atoms with Crippen LogP contribution in [0.4, 0.5) is 0 Å². The molecule has 1 saturated heterocycles. The van der Waals surface area contributed by atoms with Crippen LogP contribution < -0.4 is 0 Å². The van der Waals surface area contributed by atoms with Crippen LogP contribution in [0.5, 0.6) is 0 Å². The molecule has 0 aromatic carbocycles. The average molecular weight is 202 g/mol. The van der Waals surface area contributed by atoms with Crippen molar-refractivity contribution in [1.82, 2.24) is 0 Å². The van der Waals surface area contributed by atoms with Crippen molar-refractivity contribution in [3.05, 3.63) is 0 Å². The first-order valence-electron chi connectivity index (χ1n) is 4.72. The monoisotopic (exact) mass is 202 g/mol. The lowest BCUT2D eigenvalue weighted by Crippen LogP contribution is -2.35. The summed E-state index contributed by atoms with van der Waals surface area (Å²) in [5.74, 6) is -0.897. The Kier molecular flexibility index (Phi) is 2.88. The second-order valence-corrected chi connectivity index (χ2v) is 4.49. The standard InChI is InChI=1S/C10H18O4/c1-9(2)7(6-8(11)12-5)13-10(3,4)14-9/h7H,6H2,1-5H3/t7-/m0/s1. The van der Waals surface area contributed by atoms with Crippen LogP contribution in [-0.2, 0) is 19.0 Å². The van der Waals surface area contributed by atoms with Crippen molar-refractivity contribution >= 4 is 5.97 Å². The topological polar surface area (TPSA) is 44.8 Å². The van der Waals surface area contributed by atoms with Gasteiger partial charge in [-0.05, 0) is 27.7 Å². The third kappa shape index (κ3) is 2.45. The van der Waals surface area contributed by atoms with Crippen molar-refractivity contribution in [1.29, 1.82) is 0 Å². The zero-order valence-electron chi connectivity index (χ0n) is 9.42. The molecule has 1 atom stereocenters. The third-order valence-electron chi connectivity index (χ3n) is 2.29. The van der Waals surface area contributed by atoms with Gasteiger partial charge in [0.25, 0.3) is 0 Å². The van der Waals surface area contributed by atoms with Gasteiger partial charge in [0.2, 0.25) is 0 Å². The molecule has 4 heteroatoms. The summed E-state index contributed by atoms with van der Waals surface area (Å²) in [7, 11) is 1.37. The highest BCUT2D eigenvalue weighted by Gasteiger charge is 2.47. The van der Waals surface area contributed by atoms with Gasteiger partial charge in [-0.1, -0.05) is 0 Å². The first kappa shape index (κ1) is 11.5. The van der Waals surface area contributed by atoms with Crippen molar-refractivity contribution in [3.8, 4) is 0 Å². The highest BCUT2D eigenvalue weighted by Crippen LogP contribution is 2.37. The SMILES string of the molecule is COC(=O)C[C@@H]1OC(C)(C)OC1(C)C. The van der Waals surface area contributed by atoms with E-state index >= 15 is 0 Å². The van der Waals surface area contributed by atoms with Crippen LogP contribution in [0.25, 0.3) is 0 Å². The number of ether oxygens (including phenoxy) is 3. The predicted octanol–water partition coefficient (Wildman–Crippen LogP) is 1.48. The Morgan fingerprint density at radius 2 is 1.93 bits per heavy atom. The Hall–Kier alpha value is -0.610. The number of hydrogen-bond acceptors (Lipinski definition) is 4. The van der Waals surface area contributed by atoms with E-state index in [1.54, 1.807) is 0 Å². The van der Waals surface area contributed by atoms with Gasteiger partial charge in [0.1, 0.15) is 0 Å². The van der Waals surface area contributed by atoms with Crippen molar-refractivity contribution in [2.75, 3.05) is 7.11 Å². The predicted molar refractivity (Wildman–Crippen MR) is 50.7 cm³/mol. The lowest BCUT2D eigenvalue weighted by molar-refractivity contribution is -0.159. The van der Waals surface area contributed by atoms with E-state index in [0.29, 0.717) is 0 Å². The van der Waals surface area contributed by atoms with E-state index < -0.39 is 11.4 Å². The molecular weight excluding hydrogens is 184 g/mol. The van der Waals surface area contributed by atoms with Gasteiger partial charge in [-0.15, -0.1) is 0 Å². The van der Waals surface area contributed by atoms with Crippen molar-refractivity contribution < 1.29 is 19.0 Å². The maximum Gasteiger partial charge on any atom is 0.308 e. The van der Waals surface area contributed by atoms with Crippen molar-refractivity contribution in [3.63, 3.8) is 0 Å². The Morgan fingerprint density at radius 1 is 1.36 bits per heavy atom. The second-order valence-electron chi connectivity index (χ2n) is 4.49. The normalized spacial score (nSPS) is 28.8. The zero-order valence-corrected chi connectivity index (χ0v) is 9.42. The molecule has 14 heavy (non-hydrogen) atoms. The van der Waals surface area contributed by atoms with E-state index in [2.05, 4.69) is 4.74 Å². The molecule has 1 rings (SSSR count). The summed E-state index contributed by atoms with van der Waals surface area (Å²) >= 11 is 0. The van der Waals surface area contributed by atoms with E-state index in [4.69, 9.17) is 9.47 Å². The summed E-state index contributed by atoms with van der Waals surface area (Å²) < 4.78 is 15.9. The van der Waals surface area contributed by atoms with Crippen LogP contribution in [0.3, 0.4) is 0 Å². The highest BCUT2D eigenvalue weighted by molar-refractivity contribution is 5.70. The minimum atomic E-state index is -0.623. The summed E-state index contributed by atoms with van der Waals surface area (Å²) in [5.41, 5.74) is -0.447. The molecule has 0 aromatic heterocycles. The molecule has 0 spiro atoms. The minimum absolute atomic E-state index is 0.229. The van der Waals surface area contributed by atoms with Gasteiger partial charge in [0.05, 0.1) is 25.2 Å². The van der Waals surface area contributed by atoms with Gasteiger partial charge in [-0.25, -0.2) is 0 Å². The van der Waals surface area contributed by atoms with Crippen LogP contribution in [0.2, 0.25) is 0 Å². The molecule has 1 aliphatic heterocycles. The fourth-order valence-electron chi connectivity index (χ4n) is 1.73. The number of hydrogen-bond donors (Lipinski definition) is 0. The molecule has 0 radical (unpaired) electrons. The van der Waals surface area contributed by atoms with Crippen LogP contribution in [0.15, 0.2) is 0 Å². The van der Waals surface area contributed by atoms with E-state index in [1.807, 2.05) is 27.7 Å². The van der Waals surface area contributed by atoms with Gasteiger partial charge in [-0.3, -0.25) is 4.79 Å². The molecule has 0 amide bonds. The molecule has 1 heterocycles. The number of esters is 1. The fraction of sp³-hybridized carbons (Fsp3) is 0.900. The Bertz CT molecular complexity index is 232. The first-order valence-corrected chi connectivity index (χ1v) is 4.72. The van der Waals surface area contributed by atoms with Crippen molar-refractivity contribution in [2.45, 2.75) is 51.6 Å². The van der Waals surface area contributed by atoms with E-state index in [-0.39, 0.29) is 18.5 Å². The van der Waals surface area contributed by atoms with Gasteiger partial charge < -0.3 is 14.2 Å². The zero-order chi connectivity index (χ0) is 11.0. The molecule has 0 aromatic rings. The summed E-state index contributed by atoms with van der Waals surface area (Å²) in [5, 5.41) is 0. The van der Waals surface area contributed by atoms with Gasteiger partial charge >= 0.3 is 5.97 Å². The Balaban J connectivity index is 2.66. The van der Waals surface area contributed by atoms with E-state index in [9.17, 15) is 4.79 Å². The molecule has 1 fully saturated rings. The minimum Gasteiger partial charge on any atom is -0.469 e. The Labute approximate surface area is 84.5 Å². The molecule has 0 aliphatic carbocycles. The lowest BCUT2D eigenvalue weighted by atomic mass is 9.99. The number of carbonyl (C=O) groups is 1. The highest BCUT2D eigenvalue weighted by atomic mass is 16.8. The lowest BCUT2D eigenvalue weighted by Gasteiger charge is -2.23. The van der Waals surface area contributed by atoms with Crippen molar-refractivity contribution in [2.24, 2.45) is 0 Å². The van der Waals surface area contributed by atoms with Crippen LogP contribution in [-0.4, -0.2) is 30.6 Å². The first-order chi connectivity index (χ1) is 6.27.